The van der Waals surface area contributed by atoms with E-state index in [1.165, 1.54) is 11.6 Å². The minimum absolute atomic E-state index is 0.0427. The minimum Gasteiger partial charge on any atom is -0.508 e. The number of phenols is 1. The van der Waals surface area contributed by atoms with Gasteiger partial charge in [0.1, 0.15) is 5.75 Å². The second-order valence-corrected chi connectivity index (χ2v) is 4.44. The van der Waals surface area contributed by atoms with Crippen LogP contribution in [0.4, 0.5) is 5.69 Å². The van der Waals surface area contributed by atoms with Crippen molar-refractivity contribution in [3.05, 3.63) is 71.9 Å². The number of hydrogen-bond donors (Lipinski definition) is 2. The van der Waals surface area contributed by atoms with Crippen molar-refractivity contribution < 1.29 is 9.90 Å². The maximum absolute atomic E-state index is 11.9. The smallest absolute Gasteiger partial charge is 0.187 e. The van der Waals surface area contributed by atoms with Crippen LogP contribution < -0.4 is 5.32 Å². The van der Waals surface area contributed by atoms with Gasteiger partial charge in [-0.2, -0.15) is 0 Å². The first-order valence-electron chi connectivity index (χ1n) is 6.54. The fraction of sp³-hybridized carbons (Fsp3) is 0.118. The Hall–Kier alpha value is -2.55. The summed E-state index contributed by atoms with van der Waals surface area (Å²) < 4.78 is 0. The SMILES string of the molecule is CCc1ccc(C(=O)C=CNc2ccc(O)cc2)cc1. The van der Waals surface area contributed by atoms with E-state index in [4.69, 9.17) is 5.11 Å². The van der Waals surface area contributed by atoms with Gasteiger partial charge in [0.25, 0.3) is 0 Å². The van der Waals surface area contributed by atoms with Crippen LogP contribution in [0.1, 0.15) is 22.8 Å². The van der Waals surface area contributed by atoms with E-state index in [2.05, 4.69) is 12.2 Å². The van der Waals surface area contributed by atoms with Crippen LogP contribution in [0.3, 0.4) is 0 Å². The third-order valence-electron chi connectivity index (χ3n) is 3.00. The highest BCUT2D eigenvalue weighted by Gasteiger charge is 2.00. The maximum atomic E-state index is 11.9. The normalized spacial score (nSPS) is 10.7. The van der Waals surface area contributed by atoms with Crippen molar-refractivity contribution in [1.29, 1.82) is 0 Å². The number of aromatic hydroxyl groups is 1. The molecule has 0 bridgehead atoms. The molecular formula is C17H17NO2. The lowest BCUT2D eigenvalue weighted by Gasteiger charge is -2.01. The van der Waals surface area contributed by atoms with Gasteiger partial charge in [0, 0.05) is 23.5 Å². The Labute approximate surface area is 118 Å². The molecule has 0 spiro atoms. The molecule has 2 N–H and O–H groups in total. The number of phenolic OH excluding ortho intramolecular Hbond substituents is 1. The fourth-order valence-electron chi connectivity index (χ4n) is 1.77. The lowest BCUT2D eigenvalue weighted by Crippen LogP contribution is -1.96. The summed E-state index contributed by atoms with van der Waals surface area (Å²) in [5.41, 5.74) is 2.70. The number of aryl methyl sites for hydroxylation is 1. The summed E-state index contributed by atoms with van der Waals surface area (Å²) in [5.74, 6) is 0.172. The number of anilines is 1. The summed E-state index contributed by atoms with van der Waals surface area (Å²) in [6.45, 7) is 2.08. The molecule has 0 radical (unpaired) electrons. The van der Waals surface area contributed by atoms with Gasteiger partial charge in [0.05, 0.1) is 0 Å². The molecule has 0 aromatic heterocycles. The van der Waals surface area contributed by atoms with Crippen molar-refractivity contribution in [3.8, 4) is 5.75 Å². The van der Waals surface area contributed by atoms with Gasteiger partial charge < -0.3 is 10.4 Å². The highest BCUT2D eigenvalue weighted by molar-refractivity contribution is 6.04. The molecule has 20 heavy (non-hydrogen) atoms. The number of allylic oxidation sites excluding steroid dienone is 1. The summed E-state index contributed by atoms with van der Waals surface area (Å²) in [5, 5.41) is 12.1. The highest BCUT2D eigenvalue weighted by atomic mass is 16.3. The number of ketones is 1. The molecule has 0 aliphatic heterocycles. The zero-order chi connectivity index (χ0) is 14.4. The second kappa shape index (κ2) is 6.57. The topological polar surface area (TPSA) is 49.3 Å². The number of benzene rings is 2. The Morgan fingerprint density at radius 1 is 1.10 bits per heavy atom. The van der Waals surface area contributed by atoms with E-state index >= 15 is 0 Å². The van der Waals surface area contributed by atoms with Gasteiger partial charge in [0.15, 0.2) is 5.78 Å². The molecule has 0 aliphatic carbocycles. The van der Waals surface area contributed by atoms with Crippen LogP contribution >= 0.6 is 0 Å². The Morgan fingerprint density at radius 2 is 1.75 bits per heavy atom. The zero-order valence-electron chi connectivity index (χ0n) is 11.3. The predicted molar refractivity (Wildman–Crippen MR) is 81.0 cm³/mol. The quantitative estimate of drug-likeness (QED) is 0.492. The minimum atomic E-state index is -0.0427. The molecule has 3 heteroatoms. The Balaban J connectivity index is 1.96. The van der Waals surface area contributed by atoms with E-state index in [1.807, 2.05) is 24.3 Å². The van der Waals surface area contributed by atoms with Crippen molar-refractivity contribution in [2.75, 3.05) is 5.32 Å². The molecule has 0 unspecified atom stereocenters. The van der Waals surface area contributed by atoms with Crippen molar-refractivity contribution >= 4 is 11.5 Å². The van der Waals surface area contributed by atoms with Crippen molar-refractivity contribution in [2.24, 2.45) is 0 Å². The number of nitrogens with one attached hydrogen (secondary N) is 1. The van der Waals surface area contributed by atoms with Gasteiger partial charge in [-0.05, 0) is 36.2 Å². The third-order valence-corrected chi connectivity index (χ3v) is 3.00. The molecule has 0 aliphatic rings. The van der Waals surface area contributed by atoms with Crippen LogP contribution in [0, 0.1) is 0 Å². The van der Waals surface area contributed by atoms with Crippen LogP contribution in [0.25, 0.3) is 0 Å². The Kier molecular flexibility index (Phi) is 4.56. The molecule has 0 saturated carbocycles. The standard InChI is InChI=1S/C17H17NO2/c1-2-13-3-5-14(6-4-13)17(20)11-12-18-15-7-9-16(19)10-8-15/h3-12,18-19H,2H2,1H3. The second-order valence-electron chi connectivity index (χ2n) is 4.44. The Bertz CT molecular complexity index is 598. The van der Waals surface area contributed by atoms with E-state index in [0.717, 1.165) is 12.1 Å². The molecule has 2 rings (SSSR count). The van der Waals surface area contributed by atoms with Crippen molar-refractivity contribution in [2.45, 2.75) is 13.3 Å². The average molecular weight is 267 g/mol. The van der Waals surface area contributed by atoms with Crippen LogP contribution in [0.15, 0.2) is 60.8 Å². The summed E-state index contributed by atoms with van der Waals surface area (Å²) in [6, 6.07) is 14.3. The summed E-state index contributed by atoms with van der Waals surface area (Å²) >= 11 is 0. The van der Waals surface area contributed by atoms with E-state index in [1.54, 1.807) is 30.5 Å². The van der Waals surface area contributed by atoms with E-state index < -0.39 is 0 Å². The van der Waals surface area contributed by atoms with Crippen LogP contribution in [-0.4, -0.2) is 10.9 Å². The molecule has 0 heterocycles. The molecule has 0 saturated heterocycles. The van der Waals surface area contributed by atoms with Gasteiger partial charge in [-0.1, -0.05) is 31.2 Å². The molecule has 0 amide bonds. The number of hydrogen-bond acceptors (Lipinski definition) is 3. The fourth-order valence-corrected chi connectivity index (χ4v) is 1.77. The van der Waals surface area contributed by atoms with Crippen LogP contribution in [0.2, 0.25) is 0 Å². The van der Waals surface area contributed by atoms with E-state index in [-0.39, 0.29) is 11.5 Å². The maximum Gasteiger partial charge on any atom is 0.187 e. The number of rotatable bonds is 5. The van der Waals surface area contributed by atoms with Gasteiger partial charge in [-0.15, -0.1) is 0 Å². The lowest BCUT2D eigenvalue weighted by atomic mass is 10.1. The largest absolute Gasteiger partial charge is 0.508 e. The zero-order valence-corrected chi connectivity index (χ0v) is 11.3. The summed E-state index contributed by atoms with van der Waals surface area (Å²) in [6.07, 6.45) is 4.06. The average Bonchev–Trinajstić information content (AvgIpc) is 2.49. The van der Waals surface area contributed by atoms with Crippen molar-refractivity contribution in [3.63, 3.8) is 0 Å². The number of carbonyl (C=O) groups is 1. The lowest BCUT2D eigenvalue weighted by molar-refractivity contribution is 0.104. The monoisotopic (exact) mass is 267 g/mol. The van der Waals surface area contributed by atoms with Gasteiger partial charge >= 0.3 is 0 Å². The summed E-state index contributed by atoms with van der Waals surface area (Å²) in [4.78, 5) is 11.9. The molecule has 0 fully saturated rings. The van der Waals surface area contributed by atoms with Gasteiger partial charge in [0.2, 0.25) is 0 Å². The van der Waals surface area contributed by atoms with Gasteiger partial charge in [-0.25, -0.2) is 0 Å². The predicted octanol–water partition coefficient (Wildman–Crippen LogP) is 3.76. The first-order valence-corrected chi connectivity index (χ1v) is 6.54. The van der Waals surface area contributed by atoms with Crippen LogP contribution in [-0.2, 0) is 6.42 Å². The molecule has 2 aromatic rings. The number of carbonyl (C=O) groups excluding carboxylic acids is 1. The molecule has 2 aromatic carbocycles. The van der Waals surface area contributed by atoms with Crippen molar-refractivity contribution in [1.82, 2.24) is 0 Å². The first kappa shape index (κ1) is 13.9. The molecular weight excluding hydrogens is 250 g/mol. The van der Waals surface area contributed by atoms with Gasteiger partial charge in [-0.3, -0.25) is 4.79 Å². The highest BCUT2D eigenvalue weighted by Crippen LogP contribution is 2.13. The van der Waals surface area contributed by atoms with Crippen LogP contribution in [0.5, 0.6) is 5.75 Å². The third kappa shape index (κ3) is 3.72. The first-order chi connectivity index (χ1) is 9.69. The summed E-state index contributed by atoms with van der Waals surface area (Å²) in [7, 11) is 0. The molecule has 3 nitrogen and oxygen atoms in total. The van der Waals surface area contributed by atoms with E-state index in [9.17, 15) is 4.79 Å². The molecule has 0 atom stereocenters. The Morgan fingerprint density at radius 3 is 2.35 bits per heavy atom. The molecule has 102 valence electrons. The van der Waals surface area contributed by atoms with E-state index in [0.29, 0.717) is 5.56 Å².